The fourth-order valence-electron chi connectivity index (χ4n) is 6.40. The van der Waals surface area contributed by atoms with E-state index in [4.69, 9.17) is 23.6 Å². The first-order valence-electron chi connectivity index (χ1n) is 22.6. The molecule has 11 heteroatoms. The van der Waals surface area contributed by atoms with Crippen LogP contribution in [0, 0.1) is 0 Å². The van der Waals surface area contributed by atoms with Gasteiger partial charge in [-0.25, -0.2) is 4.57 Å². The number of rotatable bonds is 43. The topological polar surface area (TPSA) is 149 Å². The van der Waals surface area contributed by atoms with Gasteiger partial charge in [0.05, 0.1) is 19.8 Å². The molecule has 0 radical (unpaired) electrons. The van der Waals surface area contributed by atoms with E-state index in [9.17, 15) is 24.2 Å². The van der Waals surface area contributed by atoms with Gasteiger partial charge in [-0.1, -0.05) is 180 Å². The number of esters is 2. The summed E-state index contributed by atoms with van der Waals surface area (Å²) in [5, 5.41) is 18.3. The maximum absolute atomic E-state index is 12.6. The molecule has 0 rings (SSSR count). The van der Waals surface area contributed by atoms with E-state index >= 15 is 0 Å². The predicted octanol–water partition coefficient (Wildman–Crippen LogP) is 12.0. The number of hydrogen-bond donors (Lipinski definition) is 3. The van der Waals surface area contributed by atoms with Crippen LogP contribution in [0.5, 0.6) is 0 Å². The number of ether oxygens (including phenoxy) is 2. The second kappa shape index (κ2) is 40.9. The molecular weight excluding hydrogens is 719 g/mol. The second-order valence-corrected chi connectivity index (χ2v) is 16.9. The Kier molecular flexibility index (Phi) is 39.9. The Balaban J connectivity index is 4.24. The van der Waals surface area contributed by atoms with Crippen molar-refractivity contribution in [3.63, 3.8) is 0 Å². The van der Waals surface area contributed by atoms with Crippen LogP contribution < -0.4 is 0 Å². The van der Waals surface area contributed by atoms with Crippen LogP contribution in [0.4, 0.5) is 0 Å². The minimum Gasteiger partial charge on any atom is -0.462 e. The number of unbranched alkanes of at least 4 members (excludes halogenated alkanes) is 27. The molecule has 3 atom stereocenters. The number of aliphatic hydroxyl groups excluding tert-OH is 2. The van der Waals surface area contributed by atoms with Crippen LogP contribution in [0.15, 0.2) is 12.2 Å². The summed E-state index contributed by atoms with van der Waals surface area (Å²) in [5.74, 6) is -0.918. The maximum atomic E-state index is 12.6. The third kappa shape index (κ3) is 40.7. The van der Waals surface area contributed by atoms with Gasteiger partial charge in [0.25, 0.3) is 0 Å². The lowest BCUT2D eigenvalue weighted by atomic mass is 10.0. The van der Waals surface area contributed by atoms with Crippen LogP contribution in [-0.4, -0.2) is 65.7 Å². The molecule has 0 saturated heterocycles. The lowest BCUT2D eigenvalue weighted by molar-refractivity contribution is -0.161. The Morgan fingerprint density at radius 1 is 0.527 bits per heavy atom. The number of allylic oxidation sites excluding steroid dienone is 2. The number of aliphatic hydroxyl groups is 2. The van der Waals surface area contributed by atoms with Gasteiger partial charge < -0.3 is 24.6 Å². The Hall–Kier alpha value is -1.29. The molecule has 0 spiro atoms. The van der Waals surface area contributed by atoms with E-state index in [1.807, 2.05) is 0 Å². The highest BCUT2D eigenvalue weighted by Crippen LogP contribution is 2.43. The highest BCUT2D eigenvalue weighted by Gasteiger charge is 2.27. The normalized spacial score (nSPS) is 13.9. The third-order valence-corrected chi connectivity index (χ3v) is 10.9. The van der Waals surface area contributed by atoms with Gasteiger partial charge in [-0.15, -0.1) is 0 Å². The quantitative estimate of drug-likeness (QED) is 0.0235. The van der Waals surface area contributed by atoms with E-state index < -0.39 is 51.8 Å². The molecule has 0 aromatic rings. The molecule has 0 fully saturated rings. The summed E-state index contributed by atoms with van der Waals surface area (Å²) in [7, 11) is -4.61. The SMILES string of the molecule is CCCCCCCC/C=C\CCCCCCCCCC(=O)OC[C@H](COP(=O)(O)OC[C@@H](O)CO)OC(=O)CCCCCCCCCCCCCCCCC. The summed E-state index contributed by atoms with van der Waals surface area (Å²) >= 11 is 0. The molecule has 0 aliphatic heterocycles. The molecule has 55 heavy (non-hydrogen) atoms. The summed E-state index contributed by atoms with van der Waals surface area (Å²) in [6.07, 6.45) is 38.8. The molecule has 0 heterocycles. The lowest BCUT2D eigenvalue weighted by Crippen LogP contribution is -2.29. The third-order valence-electron chi connectivity index (χ3n) is 9.92. The van der Waals surface area contributed by atoms with Crippen LogP contribution >= 0.6 is 7.82 Å². The molecule has 10 nitrogen and oxygen atoms in total. The monoisotopic (exact) mass is 805 g/mol. The highest BCUT2D eigenvalue weighted by atomic mass is 31.2. The van der Waals surface area contributed by atoms with Crippen molar-refractivity contribution in [2.24, 2.45) is 0 Å². The second-order valence-electron chi connectivity index (χ2n) is 15.4. The molecule has 1 unspecified atom stereocenters. The number of carbonyl (C=O) groups is 2. The number of carbonyl (C=O) groups excluding carboxylic acids is 2. The van der Waals surface area contributed by atoms with Crippen molar-refractivity contribution in [3.8, 4) is 0 Å². The predicted molar refractivity (Wildman–Crippen MR) is 224 cm³/mol. The maximum Gasteiger partial charge on any atom is 0.472 e. The van der Waals surface area contributed by atoms with E-state index in [0.29, 0.717) is 12.8 Å². The summed E-state index contributed by atoms with van der Waals surface area (Å²) in [6.45, 7) is 2.40. The van der Waals surface area contributed by atoms with E-state index in [-0.39, 0.29) is 19.4 Å². The van der Waals surface area contributed by atoms with Crippen molar-refractivity contribution in [1.29, 1.82) is 0 Å². The summed E-state index contributed by atoms with van der Waals surface area (Å²) in [4.78, 5) is 35.0. The van der Waals surface area contributed by atoms with Crippen LogP contribution in [0.3, 0.4) is 0 Å². The zero-order chi connectivity index (χ0) is 40.5. The first kappa shape index (κ1) is 53.7. The number of phosphoric acid groups is 1. The fraction of sp³-hybridized carbons (Fsp3) is 0.909. The van der Waals surface area contributed by atoms with Crippen molar-refractivity contribution < 1.29 is 47.8 Å². The largest absolute Gasteiger partial charge is 0.472 e. The Morgan fingerprint density at radius 3 is 1.31 bits per heavy atom. The molecule has 326 valence electrons. The van der Waals surface area contributed by atoms with Gasteiger partial charge in [-0.3, -0.25) is 18.6 Å². The van der Waals surface area contributed by atoms with Gasteiger partial charge in [-0.05, 0) is 38.5 Å². The molecule has 0 aliphatic rings. The molecule has 0 amide bonds. The van der Waals surface area contributed by atoms with Gasteiger partial charge in [0.1, 0.15) is 12.7 Å². The van der Waals surface area contributed by atoms with Gasteiger partial charge in [-0.2, -0.15) is 0 Å². The zero-order valence-electron chi connectivity index (χ0n) is 35.4. The number of hydrogen-bond acceptors (Lipinski definition) is 9. The van der Waals surface area contributed by atoms with Crippen molar-refractivity contribution in [2.75, 3.05) is 26.4 Å². The lowest BCUT2D eigenvalue weighted by Gasteiger charge is -2.20. The standard InChI is InChI=1S/C44H85O10P/c1-3-5-7-9-11-13-15-17-19-20-22-23-25-27-29-31-33-35-43(47)51-39-42(40-53-55(49,50)52-38-41(46)37-45)54-44(48)36-34-32-30-28-26-24-21-18-16-14-12-10-8-6-4-2/h17,19,41-42,45-46H,3-16,18,20-40H2,1-2H3,(H,49,50)/b19-17-/t41-,42+/m0/s1. The Morgan fingerprint density at radius 2 is 0.891 bits per heavy atom. The summed E-state index contributed by atoms with van der Waals surface area (Å²) in [5.41, 5.74) is 0. The van der Waals surface area contributed by atoms with Crippen molar-refractivity contribution >= 4 is 19.8 Å². The molecule has 0 aromatic carbocycles. The van der Waals surface area contributed by atoms with Gasteiger partial charge >= 0.3 is 19.8 Å². The molecular formula is C44H85O10P. The van der Waals surface area contributed by atoms with Crippen molar-refractivity contribution in [2.45, 2.75) is 232 Å². The van der Waals surface area contributed by atoms with E-state index in [1.165, 1.54) is 135 Å². The van der Waals surface area contributed by atoms with Crippen LogP contribution in [0.2, 0.25) is 0 Å². The summed E-state index contributed by atoms with van der Waals surface area (Å²) in [6, 6.07) is 0. The average Bonchev–Trinajstić information content (AvgIpc) is 3.17. The minimum absolute atomic E-state index is 0.189. The Bertz CT molecular complexity index is 930. The van der Waals surface area contributed by atoms with Crippen LogP contribution in [0.25, 0.3) is 0 Å². The first-order chi connectivity index (χ1) is 26.7. The molecule has 0 bridgehead atoms. The zero-order valence-corrected chi connectivity index (χ0v) is 36.3. The van der Waals surface area contributed by atoms with E-state index in [1.54, 1.807) is 0 Å². The van der Waals surface area contributed by atoms with Crippen LogP contribution in [-0.2, 0) is 32.7 Å². The molecule has 0 saturated carbocycles. The number of phosphoric ester groups is 1. The Labute approximate surface area is 336 Å². The van der Waals surface area contributed by atoms with Gasteiger partial charge in [0, 0.05) is 12.8 Å². The smallest absolute Gasteiger partial charge is 0.462 e. The van der Waals surface area contributed by atoms with Gasteiger partial charge in [0.2, 0.25) is 0 Å². The van der Waals surface area contributed by atoms with Crippen molar-refractivity contribution in [3.05, 3.63) is 12.2 Å². The summed E-state index contributed by atoms with van der Waals surface area (Å²) < 4.78 is 32.7. The van der Waals surface area contributed by atoms with Crippen LogP contribution in [0.1, 0.15) is 219 Å². The minimum atomic E-state index is -4.61. The molecule has 3 N–H and O–H groups in total. The molecule has 0 aromatic heterocycles. The highest BCUT2D eigenvalue weighted by molar-refractivity contribution is 7.47. The molecule has 0 aliphatic carbocycles. The van der Waals surface area contributed by atoms with E-state index in [0.717, 1.165) is 44.9 Å². The van der Waals surface area contributed by atoms with Gasteiger partial charge in [0.15, 0.2) is 6.10 Å². The fourth-order valence-corrected chi connectivity index (χ4v) is 7.19. The average molecular weight is 805 g/mol. The van der Waals surface area contributed by atoms with E-state index in [2.05, 4.69) is 26.0 Å². The van der Waals surface area contributed by atoms with Crippen molar-refractivity contribution in [1.82, 2.24) is 0 Å². The first-order valence-corrected chi connectivity index (χ1v) is 24.1.